The number of aromatic nitrogens is 3. The average molecular weight is 238 g/mol. The Bertz CT molecular complexity index is 704. The number of aromatic amines is 1. The van der Waals surface area contributed by atoms with Gasteiger partial charge in [0.1, 0.15) is 5.75 Å². The lowest BCUT2D eigenvalue weighted by Gasteiger charge is -2.01. The third kappa shape index (κ3) is 1.93. The highest BCUT2D eigenvalue weighted by Gasteiger charge is 1.99. The minimum atomic E-state index is 0.268. The second-order valence-corrected chi connectivity index (χ2v) is 3.84. The van der Waals surface area contributed by atoms with E-state index < -0.39 is 0 Å². The predicted octanol–water partition coefficient (Wildman–Crippen LogP) is 2.41. The number of aromatic hydroxyl groups is 1. The number of aliphatic imine (C=N–C) groups is 1. The maximum atomic E-state index is 9.78. The lowest BCUT2D eigenvalue weighted by atomic mass is 10.1. The zero-order valence-corrected chi connectivity index (χ0v) is 9.41. The number of H-pyrrole nitrogens is 1. The highest BCUT2D eigenvalue weighted by Crippen LogP contribution is 2.24. The summed E-state index contributed by atoms with van der Waals surface area (Å²) in [4.78, 5) is 4.16. The first-order valence-electron chi connectivity index (χ1n) is 5.44. The molecule has 5 nitrogen and oxygen atoms in total. The third-order valence-electron chi connectivity index (χ3n) is 2.63. The number of rotatable bonds is 2. The molecule has 0 saturated heterocycles. The zero-order valence-electron chi connectivity index (χ0n) is 9.41. The molecule has 0 spiro atoms. The molecule has 5 heteroatoms. The summed E-state index contributed by atoms with van der Waals surface area (Å²) in [6.07, 6.45) is 3.22. The standard InChI is InChI=1S/C13H10N4O/c18-12-3-1-2-10-5-4-9(6-11(10)12)7-14-13-8-15-17-16-13/h1-8,18H,(H,15,16,17). The Balaban J connectivity index is 2.01. The van der Waals surface area contributed by atoms with Gasteiger partial charge in [0.15, 0.2) is 5.82 Å². The van der Waals surface area contributed by atoms with Crippen molar-refractivity contribution in [2.24, 2.45) is 4.99 Å². The van der Waals surface area contributed by atoms with Gasteiger partial charge in [-0.05, 0) is 23.1 Å². The number of benzene rings is 2. The summed E-state index contributed by atoms with van der Waals surface area (Å²) in [6, 6.07) is 11.2. The molecule has 1 heterocycles. The van der Waals surface area contributed by atoms with Crippen molar-refractivity contribution in [1.29, 1.82) is 0 Å². The first-order chi connectivity index (χ1) is 8.83. The van der Waals surface area contributed by atoms with Crippen LogP contribution in [0.2, 0.25) is 0 Å². The van der Waals surface area contributed by atoms with Crippen molar-refractivity contribution in [3.8, 4) is 5.75 Å². The molecule has 2 aromatic carbocycles. The fraction of sp³-hybridized carbons (Fsp3) is 0. The lowest BCUT2D eigenvalue weighted by molar-refractivity contribution is 0.481. The SMILES string of the molecule is Oc1cccc2ccc(C=Nc3cn[nH]n3)cc12. The van der Waals surface area contributed by atoms with Crippen LogP contribution in [0.1, 0.15) is 5.56 Å². The molecule has 0 aliphatic heterocycles. The Labute approximate surface area is 103 Å². The number of phenolic OH excluding ortho intramolecular Hbond substituents is 1. The normalized spacial score (nSPS) is 11.3. The van der Waals surface area contributed by atoms with Crippen LogP contribution in [-0.4, -0.2) is 26.7 Å². The Morgan fingerprint density at radius 3 is 3.00 bits per heavy atom. The Morgan fingerprint density at radius 2 is 2.17 bits per heavy atom. The van der Waals surface area contributed by atoms with Crippen LogP contribution in [0, 0.1) is 0 Å². The van der Waals surface area contributed by atoms with Crippen LogP contribution in [0.15, 0.2) is 47.6 Å². The van der Waals surface area contributed by atoms with E-state index in [0.717, 1.165) is 16.3 Å². The summed E-state index contributed by atoms with van der Waals surface area (Å²) >= 11 is 0. The van der Waals surface area contributed by atoms with E-state index in [0.29, 0.717) is 5.82 Å². The van der Waals surface area contributed by atoms with Gasteiger partial charge in [0.25, 0.3) is 0 Å². The Kier molecular flexibility index (Phi) is 2.49. The van der Waals surface area contributed by atoms with Gasteiger partial charge in [-0.15, -0.1) is 5.10 Å². The van der Waals surface area contributed by atoms with E-state index in [1.165, 1.54) is 6.20 Å². The van der Waals surface area contributed by atoms with E-state index in [1.807, 2.05) is 30.3 Å². The molecule has 0 fully saturated rings. The lowest BCUT2D eigenvalue weighted by Crippen LogP contribution is -1.82. The largest absolute Gasteiger partial charge is 0.507 e. The van der Waals surface area contributed by atoms with Crippen LogP contribution >= 0.6 is 0 Å². The van der Waals surface area contributed by atoms with Crippen LogP contribution in [0.25, 0.3) is 10.8 Å². The van der Waals surface area contributed by atoms with E-state index in [2.05, 4.69) is 20.4 Å². The monoisotopic (exact) mass is 238 g/mol. The van der Waals surface area contributed by atoms with Gasteiger partial charge in [0.2, 0.25) is 0 Å². The smallest absolute Gasteiger partial charge is 0.194 e. The molecule has 0 atom stereocenters. The molecule has 0 aliphatic rings. The highest BCUT2D eigenvalue weighted by atomic mass is 16.3. The van der Waals surface area contributed by atoms with Gasteiger partial charge in [0, 0.05) is 11.6 Å². The van der Waals surface area contributed by atoms with Crippen molar-refractivity contribution in [1.82, 2.24) is 15.4 Å². The number of fused-ring (bicyclic) bond motifs is 1. The summed E-state index contributed by atoms with van der Waals surface area (Å²) in [5.41, 5.74) is 0.895. The van der Waals surface area contributed by atoms with Crippen LogP contribution in [0.4, 0.5) is 5.82 Å². The number of hydrogen-bond donors (Lipinski definition) is 2. The van der Waals surface area contributed by atoms with Crippen LogP contribution in [0.5, 0.6) is 5.75 Å². The predicted molar refractivity (Wildman–Crippen MR) is 69.2 cm³/mol. The number of hydrogen-bond acceptors (Lipinski definition) is 4. The first-order valence-corrected chi connectivity index (χ1v) is 5.44. The Hall–Kier alpha value is -2.69. The van der Waals surface area contributed by atoms with E-state index in [-0.39, 0.29) is 5.75 Å². The summed E-state index contributed by atoms with van der Waals surface area (Å²) in [7, 11) is 0. The molecular weight excluding hydrogens is 228 g/mol. The molecule has 3 aromatic rings. The molecule has 0 amide bonds. The van der Waals surface area contributed by atoms with Gasteiger partial charge in [-0.3, -0.25) is 0 Å². The van der Waals surface area contributed by atoms with Gasteiger partial charge >= 0.3 is 0 Å². The van der Waals surface area contributed by atoms with E-state index in [4.69, 9.17) is 0 Å². The maximum absolute atomic E-state index is 9.78. The van der Waals surface area contributed by atoms with Gasteiger partial charge < -0.3 is 5.11 Å². The van der Waals surface area contributed by atoms with Crippen LogP contribution in [0.3, 0.4) is 0 Å². The van der Waals surface area contributed by atoms with Gasteiger partial charge in [-0.1, -0.05) is 24.3 Å². The number of phenols is 1. The summed E-state index contributed by atoms with van der Waals surface area (Å²) in [6.45, 7) is 0. The second kappa shape index (κ2) is 4.29. The van der Waals surface area contributed by atoms with E-state index >= 15 is 0 Å². The van der Waals surface area contributed by atoms with Crippen LogP contribution < -0.4 is 0 Å². The van der Waals surface area contributed by atoms with E-state index in [9.17, 15) is 5.11 Å². The fourth-order valence-corrected chi connectivity index (χ4v) is 1.75. The van der Waals surface area contributed by atoms with Gasteiger partial charge in [-0.25, -0.2) is 4.99 Å². The fourth-order valence-electron chi connectivity index (χ4n) is 1.75. The molecule has 3 rings (SSSR count). The molecule has 0 saturated carbocycles. The van der Waals surface area contributed by atoms with Crippen molar-refractivity contribution in [2.75, 3.05) is 0 Å². The van der Waals surface area contributed by atoms with Crippen molar-refractivity contribution in [2.45, 2.75) is 0 Å². The number of nitrogens with one attached hydrogen (secondary N) is 1. The molecule has 0 aliphatic carbocycles. The van der Waals surface area contributed by atoms with Crippen LogP contribution in [-0.2, 0) is 0 Å². The third-order valence-corrected chi connectivity index (χ3v) is 2.63. The minimum absolute atomic E-state index is 0.268. The summed E-state index contributed by atoms with van der Waals surface area (Å²) in [5, 5.41) is 21.6. The van der Waals surface area contributed by atoms with Crippen molar-refractivity contribution < 1.29 is 5.11 Å². The first kappa shape index (κ1) is 10.5. The van der Waals surface area contributed by atoms with Crippen molar-refractivity contribution in [3.63, 3.8) is 0 Å². The average Bonchev–Trinajstić information content (AvgIpc) is 2.90. The maximum Gasteiger partial charge on any atom is 0.194 e. The molecule has 88 valence electrons. The molecule has 1 aromatic heterocycles. The molecular formula is C13H10N4O. The van der Waals surface area contributed by atoms with Gasteiger partial charge in [-0.2, -0.15) is 10.3 Å². The Morgan fingerprint density at radius 1 is 1.22 bits per heavy atom. The molecule has 2 N–H and O–H groups in total. The summed E-state index contributed by atoms with van der Waals surface area (Å²) < 4.78 is 0. The topological polar surface area (TPSA) is 74.2 Å². The molecule has 0 radical (unpaired) electrons. The molecule has 0 bridgehead atoms. The summed E-state index contributed by atoms with van der Waals surface area (Å²) in [5.74, 6) is 0.788. The minimum Gasteiger partial charge on any atom is -0.507 e. The zero-order chi connectivity index (χ0) is 12.4. The van der Waals surface area contributed by atoms with Crippen molar-refractivity contribution in [3.05, 3.63) is 48.2 Å². The molecule has 18 heavy (non-hydrogen) atoms. The number of nitrogens with zero attached hydrogens (tertiary/aromatic N) is 3. The second-order valence-electron chi connectivity index (χ2n) is 3.84. The quantitative estimate of drug-likeness (QED) is 0.673. The molecule has 0 unspecified atom stereocenters. The van der Waals surface area contributed by atoms with Crippen molar-refractivity contribution >= 4 is 22.8 Å². The van der Waals surface area contributed by atoms with Gasteiger partial charge in [0.05, 0.1) is 6.20 Å². The highest BCUT2D eigenvalue weighted by molar-refractivity contribution is 5.94. The van der Waals surface area contributed by atoms with E-state index in [1.54, 1.807) is 12.3 Å².